The number of aryl methyl sites for hydroxylation is 1. The molecule has 1 aromatic carbocycles. The minimum absolute atomic E-state index is 0.116. The summed E-state index contributed by atoms with van der Waals surface area (Å²) in [6.45, 7) is 6.03. The van der Waals surface area contributed by atoms with Crippen molar-refractivity contribution < 1.29 is 9.53 Å². The fraction of sp³-hybridized carbons (Fsp3) is 0.550. The first-order valence-corrected chi connectivity index (χ1v) is 10.6. The minimum Gasteiger partial charge on any atom is -0.367 e. The summed E-state index contributed by atoms with van der Waals surface area (Å²) in [5, 5.41) is 13.0. The molecule has 1 N–H and O–H groups in total. The minimum atomic E-state index is -0.367. The van der Waals surface area contributed by atoms with Crippen LogP contribution in [0, 0.1) is 0 Å². The quantitative estimate of drug-likeness (QED) is 0.857. The van der Waals surface area contributed by atoms with Gasteiger partial charge in [-0.15, -0.1) is 10.2 Å². The van der Waals surface area contributed by atoms with Gasteiger partial charge in [0, 0.05) is 12.5 Å². The molecule has 144 valence electrons. The number of nitrogens with zero attached hydrogens (tertiary/aromatic N) is 3. The van der Waals surface area contributed by atoms with E-state index in [1.807, 2.05) is 4.90 Å². The Labute approximate surface area is 163 Å². The van der Waals surface area contributed by atoms with Crippen LogP contribution in [0.2, 0.25) is 0 Å². The smallest absolute Gasteiger partial charge is 0.323 e. The third-order valence-corrected chi connectivity index (χ3v) is 6.77. The van der Waals surface area contributed by atoms with Crippen molar-refractivity contribution in [3.8, 4) is 0 Å². The van der Waals surface area contributed by atoms with E-state index in [9.17, 15) is 4.79 Å². The Bertz CT molecular complexity index is 816. The second-order valence-corrected chi connectivity index (χ2v) is 8.32. The van der Waals surface area contributed by atoms with Crippen molar-refractivity contribution in [1.82, 2.24) is 15.1 Å². The lowest BCUT2D eigenvalue weighted by Gasteiger charge is -2.41. The molecule has 27 heavy (non-hydrogen) atoms. The fourth-order valence-corrected chi connectivity index (χ4v) is 5.18. The molecule has 1 aliphatic heterocycles. The lowest BCUT2D eigenvalue weighted by molar-refractivity contribution is -0.100. The molecule has 1 spiro atoms. The molecule has 2 amide bonds. The topological polar surface area (TPSA) is 67.4 Å². The molecule has 2 aliphatic rings. The summed E-state index contributed by atoms with van der Waals surface area (Å²) in [5.41, 5.74) is 2.20. The number of carbonyl (C=O) groups excluding carboxylic acids is 1. The summed E-state index contributed by atoms with van der Waals surface area (Å²) in [6, 6.07) is 8.30. The molecular formula is C20H26N4O2S. The van der Waals surface area contributed by atoms with E-state index in [-0.39, 0.29) is 11.6 Å². The number of fused-ring (bicyclic) bond motifs is 2. The molecule has 4 rings (SSSR count). The largest absolute Gasteiger partial charge is 0.367 e. The van der Waals surface area contributed by atoms with Gasteiger partial charge in [-0.2, -0.15) is 0 Å². The zero-order chi connectivity index (χ0) is 18.9. The third kappa shape index (κ3) is 3.46. The van der Waals surface area contributed by atoms with Gasteiger partial charge in [-0.3, -0.25) is 5.32 Å². The van der Waals surface area contributed by atoms with Crippen LogP contribution in [0.15, 0.2) is 24.3 Å². The molecular weight excluding hydrogens is 360 g/mol. The van der Waals surface area contributed by atoms with Crippen molar-refractivity contribution in [2.45, 2.75) is 51.0 Å². The first kappa shape index (κ1) is 18.4. The molecule has 2 aromatic rings. The molecule has 0 radical (unpaired) electrons. The molecule has 1 saturated heterocycles. The zero-order valence-electron chi connectivity index (χ0n) is 15.9. The van der Waals surface area contributed by atoms with E-state index in [4.69, 9.17) is 4.74 Å². The monoisotopic (exact) mass is 386 g/mol. The first-order valence-electron chi connectivity index (χ1n) is 9.77. The Kier molecular flexibility index (Phi) is 5.14. The number of carbonyl (C=O) groups is 1. The Morgan fingerprint density at radius 2 is 2.15 bits per heavy atom. The van der Waals surface area contributed by atoms with E-state index < -0.39 is 0 Å². The van der Waals surface area contributed by atoms with Crippen molar-refractivity contribution >= 4 is 22.5 Å². The number of benzene rings is 1. The maximum Gasteiger partial charge on any atom is 0.323 e. The predicted octanol–water partition coefficient (Wildman–Crippen LogP) is 4.15. The Morgan fingerprint density at radius 3 is 2.96 bits per heavy atom. The number of anilines is 1. The zero-order valence-corrected chi connectivity index (χ0v) is 16.7. The van der Waals surface area contributed by atoms with E-state index in [2.05, 4.69) is 53.6 Å². The second-order valence-electron chi connectivity index (χ2n) is 7.31. The van der Waals surface area contributed by atoms with Crippen molar-refractivity contribution in [3.63, 3.8) is 0 Å². The lowest BCUT2D eigenvalue weighted by Crippen LogP contribution is -2.52. The highest BCUT2D eigenvalue weighted by molar-refractivity contribution is 7.15. The van der Waals surface area contributed by atoms with Crippen LogP contribution in [0.5, 0.6) is 0 Å². The predicted molar refractivity (Wildman–Crippen MR) is 106 cm³/mol. The van der Waals surface area contributed by atoms with Crippen LogP contribution >= 0.6 is 11.3 Å². The summed E-state index contributed by atoms with van der Waals surface area (Å²) < 4.78 is 6.20. The number of urea groups is 1. The number of morpholine rings is 1. The Balaban J connectivity index is 1.46. The lowest BCUT2D eigenvalue weighted by atomic mass is 9.94. The molecule has 0 saturated carbocycles. The highest BCUT2D eigenvalue weighted by Crippen LogP contribution is 2.42. The van der Waals surface area contributed by atoms with E-state index in [0.29, 0.717) is 30.7 Å². The summed E-state index contributed by atoms with van der Waals surface area (Å²) >= 11 is 1.48. The van der Waals surface area contributed by atoms with Crippen LogP contribution in [-0.4, -0.2) is 40.8 Å². The van der Waals surface area contributed by atoms with Gasteiger partial charge in [0.1, 0.15) is 10.6 Å². The first-order chi connectivity index (χ1) is 13.1. The number of hydrogen-bond acceptors (Lipinski definition) is 5. The molecule has 1 fully saturated rings. The Hall–Kier alpha value is -1.99. The highest BCUT2D eigenvalue weighted by Gasteiger charge is 2.44. The molecule has 1 aliphatic carbocycles. The number of aromatic nitrogens is 2. The summed E-state index contributed by atoms with van der Waals surface area (Å²) in [4.78, 5) is 14.7. The standard InChI is InChI=1S/C20H26N4O2S/c1-3-14(4-2)17-22-23-18(27-17)21-19(25)24-11-12-26-20(13-24)10-9-15-7-5-6-8-16(15)20/h5-8,14H,3-4,9-13H2,1-2H3,(H,21,23,25). The number of amides is 2. The van der Waals surface area contributed by atoms with Gasteiger partial charge in [-0.1, -0.05) is 49.4 Å². The van der Waals surface area contributed by atoms with E-state index in [1.54, 1.807) is 0 Å². The van der Waals surface area contributed by atoms with Gasteiger partial charge in [0.15, 0.2) is 0 Å². The molecule has 6 nitrogen and oxygen atoms in total. The van der Waals surface area contributed by atoms with Gasteiger partial charge in [0.05, 0.1) is 13.2 Å². The van der Waals surface area contributed by atoms with Crippen molar-refractivity contribution in [3.05, 3.63) is 40.4 Å². The van der Waals surface area contributed by atoms with Crippen LogP contribution in [0.25, 0.3) is 0 Å². The van der Waals surface area contributed by atoms with Crippen LogP contribution in [0.1, 0.15) is 55.2 Å². The maximum absolute atomic E-state index is 12.8. The third-order valence-electron chi connectivity index (χ3n) is 5.77. The van der Waals surface area contributed by atoms with Crippen molar-refractivity contribution in [2.24, 2.45) is 0 Å². The normalized spacial score (nSPS) is 21.7. The number of ether oxygens (including phenoxy) is 1. The average molecular weight is 387 g/mol. The van der Waals surface area contributed by atoms with Crippen LogP contribution in [-0.2, 0) is 16.8 Å². The van der Waals surface area contributed by atoms with Crippen LogP contribution in [0.3, 0.4) is 0 Å². The van der Waals surface area contributed by atoms with Gasteiger partial charge in [-0.05, 0) is 36.8 Å². The van der Waals surface area contributed by atoms with E-state index >= 15 is 0 Å². The van der Waals surface area contributed by atoms with Gasteiger partial charge in [0.2, 0.25) is 5.13 Å². The van der Waals surface area contributed by atoms with Gasteiger partial charge in [-0.25, -0.2) is 4.79 Å². The van der Waals surface area contributed by atoms with Gasteiger partial charge < -0.3 is 9.64 Å². The van der Waals surface area contributed by atoms with Crippen LogP contribution < -0.4 is 5.32 Å². The summed E-state index contributed by atoms with van der Waals surface area (Å²) in [6.07, 6.45) is 3.99. The molecule has 7 heteroatoms. The summed E-state index contributed by atoms with van der Waals surface area (Å²) in [5.74, 6) is 0.412. The summed E-state index contributed by atoms with van der Waals surface area (Å²) in [7, 11) is 0. The fourth-order valence-electron chi connectivity index (χ4n) is 4.18. The second kappa shape index (κ2) is 7.56. The van der Waals surface area contributed by atoms with Crippen molar-refractivity contribution in [1.29, 1.82) is 0 Å². The van der Waals surface area contributed by atoms with Gasteiger partial charge in [0.25, 0.3) is 0 Å². The Morgan fingerprint density at radius 1 is 1.33 bits per heavy atom. The average Bonchev–Trinajstić information content (AvgIpc) is 3.29. The molecule has 1 atom stereocenters. The van der Waals surface area contributed by atoms with Crippen molar-refractivity contribution in [2.75, 3.05) is 25.0 Å². The van der Waals surface area contributed by atoms with E-state index in [0.717, 1.165) is 30.7 Å². The number of nitrogens with one attached hydrogen (secondary N) is 1. The number of hydrogen-bond donors (Lipinski definition) is 1. The molecule has 1 aromatic heterocycles. The molecule has 0 bridgehead atoms. The number of rotatable bonds is 4. The SMILES string of the molecule is CCC(CC)c1nnc(NC(=O)N2CCOC3(CCc4ccccc43)C2)s1. The van der Waals surface area contributed by atoms with Gasteiger partial charge >= 0.3 is 6.03 Å². The van der Waals surface area contributed by atoms with Crippen LogP contribution in [0.4, 0.5) is 9.93 Å². The van der Waals surface area contributed by atoms with E-state index in [1.165, 1.54) is 22.5 Å². The molecule has 1 unspecified atom stereocenters. The maximum atomic E-state index is 12.8. The molecule has 2 heterocycles. The highest BCUT2D eigenvalue weighted by atomic mass is 32.1.